The Bertz CT molecular complexity index is 538. The molecule has 0 saturated carbocycles. The topological polar surface area (TPSA) is 39.7 Å². The summed E-state index contributed by atoms with van der Waals surface area (Å²) in [5.74, 6) is 0.647. The van der Waals surface area contributed by atoms with E-state index in [1.165, 1.54) is 57.8 Å². The fraction of sp³-hybridized carbons (Fsp3) is 0.650. The van der Waals surface area contributed by atoms with Gasteiger partial charge in [0.25, 0.3) is 0 Å². The van der Waals surface area contributed by atoms with Crippen molar-refractivity contribution in [3.8, 4) is 0 Å². The minimum absolute atomic E-state index is 0.157. The molecule has 1 aliphatic rings. The number of halogens is 1. The maximum Gasteiger partial charge on any atom is 0.191 e. The van der Waals surface area contributed by atoms with Crippen molar-refractivity contribution >= 4 is 5.96 Å². The summed E-state index contributed by atoms with van der Waals surface area (Å²) in [6.45, 7) is 7.19. The molecular weight excluding hydrogens is 315 g/mol. The molecule has 0 bridgehead atoms. The molecule has 0 atom stereocenters. The molecule has 2 N–H and O–H groups in total. The van der Waals surface area contributed by atoms with Crippen LogP contribution in [0.3, 0.4) is 0 Å². The highest BCUT2D eigenvalue weighted by atomic mass is 19.1. The minimum atomic E-state index is -0.157. The average molecular weight is 349 g/mol. The van der Waals surface area contributed by atoms with Crippen LogP contribution in [0, 0.1) is 12.7 Å². The van der Waals surface area contributed by atoms with Crippen LogP contribution >= 0.6 is 0 Å². The Balaban J connectivity index is 1.56. The molecule has 0 unspecified atom stereocenters. The summed E-state index contributed by atoms with van der Waals surface area (Å²) in [4.78, 5) is 6.85. The van der Waals surface area contributed by atoms with E-state index in [-0.39, 0.29) is 5.82 Å². The average Bonchev–Trinajstić information content (AvgIpc) is 2.64. The van der Waals surface area contributed by atoms with Crippen molar-refractivity contribution < 1.29 is 4.39 Å². The number of aryl methyl sites for hydroxylation is 1. The highest BCUT2D eigenvalue weighted by Gasteiger charge is 2.08. The Kier molecular flexibility index (Phi) is 8.73. The standard InChI is InChI=1S/C20H33FN4/c1-17-15-18(9-10-19(17)21)16-24-20(22-2)23-11-5-3-6-12-25-13-7-4-8-14-25/h9-10,15H,3-8,11-14,16H2,1-2H3,(H2,22,23,24). The quantitative estimate of drug-likeness (QED) is 0.429. The van der Waals surface area contributed by atoms with Crippen LogP contribution in [0.5, 0.6) is 0 Å². The lowest BCUT2D eigenvalue weighted by molar-refractivity contribution is 0.224. The smallest absolute Gasteiger partial charge is 0.191 e. The van der Waals surface area contributed by atoms with Gasteiger partial charge in [-0.05, 0) is 69.4 Å². The number of nitrogens with zero attached hydrogens (tertiary/aromatic N) is 2. The van der Waals surface area contributed by atoms with Crippen LogP contribution in [0.2, 0.25) is 0 Å². The zero-order valence-electron chi connectivity index (χ0n) is 15.8. The highest BCUT2D eigenvalue weighted by molar-refractivity contribution is 5.79. The van der Waals surface area contributed by atoms with E-state index in [9.17, 15) is 4.39 Å². The summed E-state index contributed by atoms with van der Waals surface area (Å²) in [6.07, 6.45) is 7.84. The second-order valence-electron chi connectivity index (χ2n) is 6.90. The van der Waals surface area contributed by atoms with E-state index in [2.05, 4.69) is 20.5 Å². The summed E-state index contributed by atoms with van der Waals surface area (Å²) in [5, 5.41) is 6.64. The van der Waals surface area contributed by atoms with Crippen LogP contribution in [0.1, 0.15) is 49.7 Å². The van der Waals surface area contributed by atoms with E-state index in [0.717, 1.165) is 24.5 Å². The van der Waals surface area contributed by atoms with Crippen molar-refractivity contribution in [3.05, 3.63) is 35.1 Å². The summed E-state index contributed by atoms with van der Waals surface area (Å²) in [7, 11) is 1.78. The molecule has 25 heavy (non-hydrogen) atoms. The molecular formula is C20H33FN4. The largest absolute Gasteiger partial charge is 0.356 e. The number of piperidine rings is 1. The fourth-order valence-corrected chi connectivity index (χ4v) is 3.25. The van der Waals surface area contributed by atoms with Gasteiger partial charge in [-0.1, -0.05) is 25.0 Å². The Labute approximate surface area is 151 Å². The number of likely N-dealkylation sites (tertiary alicyclic amines) is 1. The Morgan fingerprint density at radius 3 is 2.64 bits per heavy atom. The lowest BCUT2D eigenvalue weighted by Crippen LogP contribution is -2.37. The van der Waals surface area contributed by atoms with Gasteiger partial charge in [-0.3, -0.25) is 4.99 Å². The second kappa shape index (κ2) is 11.1. The van der Waals surface area contributed by atoms with Crippen molar-refractivity contribution in [2.75, 3.05) is 33.2 Å². The molecule has 1 aromatic carbocycles. The van der Waals surface area contributed by atoms with Crippen molar-refractivity contribution in [2.24, 2.45) is 4.99 Å². The molecule has 140 valence electrons. The molecule has 0 aromatic heterocycles. The second-order valence-corrected chi connectivity index (χ2v) is 6.90. The van der Waals surface area contributed by atoms with Gasteiger partial charge in [0, 0.05) is 20.1 Å². The van der Waals surface area contributed by atoms with Crippen LogP contribution < -0.4 is 10.6 Å². The first-order valence-corrected chi connectivity index (χ1v) is 9.61. The molecule has 1 heterocycles. The maximum atomic E-state index is 13.3. The molecule has 0 radical (unpaired) electrons. The number of unbranched alkanes of at least 4 members (excludes halogenated alkanes) is 2. The number of nitrogens with one attached hydrogen (secondary N) is 2. The number of hydrogen-bond acceptors (Lipinski definition) is 2. The molecule has 1 fully saturated rings. The molecule has 2 rings (SSSR count). The molecule has 1 aromatic rings. The lowest BCUT2D eigenvalue weighted by Gasteiger charge is -2.26. The van der Waals surface area contributed by atoms with Crippen molar-refractivity contribution in [3.63, 3.8) is 0 Å². The first-order chi connectivity index (χ1) is 12.2. The maximum absolute atomic E-state index is 13.3. The number of benzene rings is 1. The van der Waals surface area contributed by atoms with Crippen molar-refractivity contribution in [2.45, 2.75) is 52.0 Å². The van der Waals surface area contributed by atoms with Crippen molar-refractivity contribution in [1.82, 2.24) is 15.5 Å². The van der Waals surface area contributed by atoms with Crippen LogP contribution in [0.15, 0.2) is 23.2 Å². The third-order valence-electron chi connectivity index (χ3n) is 4.80. The Morgan fingerprint density at radius 1 is 1.12 bits per heavy atom. The van der Waals surface area contributed by atoms with Gasteiger partial charge in [0.1, 0.15) is 5.82 Å². The first kappa shape index (κ1) is 19.7. The van der Waals surface area contributed by atoms with Gasteiger partial charge in [0.05, 0.1) is 0 Å². The third kappa shape index (κ3) is 7.43. The SMILES string of the molecule is CN=C(NCCCCCN1CCCCC1)NCc1ccc(F)c(C)c1. The number of aliphatic imine (C=N–C) groups is 1. The zero-order chi connectivity index (χ0) is 17.9. The zero-order valence-corrected chi connectivity index (χ0v) is 15.8. The number of guanidine groups is 1. The van der Waals surface area contributed by atoms with Gasteiger partial charge in [-0.15, -0.1) is 0 Å². The molecule has 1 saturated heterocycles. The summed E-state index contributed by atoms with van der Waals surface area (Å²) < 4.78 is 13.3. The lowest BCUT2D eigenvalue weighted by atomic mass is 10.1. The predicted molar refractivity (Wildman–Crippen MR) is 103 cm³/mol. The first-order valence-electron chi connectivity index (χ1n) is 9.61. The minimum Gasteiger partial charge on any atom is -0.356 e. The molecule has 4 nitrogen and oxygen atoms in total. The van der Waals surface area contributed by atoms with Gasteiger partial charge in [-0.25, -0.2) is 4.39 Å². The fourth-order valence-electron chi connectivity index (χ4n) is 3.25. The monoisotopic (exact) mass is 348 g/mol. The normalized spacial score (nSPS) is 16.0. The van der Waals surface area contributed by atoms with Crippen LogP contribution in [0.25, 0.3) is 0 Å². The van der Waals surface area contributed by atoms with Gasteiger partial charge < -0.3 is 15.5 Å². The third-order valence-corrected chi connectivity index (χ3v) is 4.80. The van der Waals surface area contributed by atoms with E-state index in [4.69, 9.17) is 0 Å². The molecule has 1 aliphatic heterocycles. The van der Waals surface area contributed by atoms with Crippen LogP contribution in [0.4, 0.5) is 4.39 Å². The summed E-state index contributed by atoms with van der Waals surface area (Å²) in [5.41, 5.74) is 1.74. The van der Waals surface area contributed by atoms with E-state index < -0.39 is 0 Å². The highest BCUT2D eigenvalue weighted by Crippen LogP contribution is 2.10. The van der Waals surface area contributed by atoms with Gasteiger partial charge in [-0.2, -0.15) is 0 Å². The summed E-state index contributed by atoms with van der Waals surface area (Å²) >= 11 is 0. The van der Waals surface area contributed by atoms with E-state index in [1.807, 2.05) is 12.1 Å². The van der Waals surface area contributed by atoms with E-state index in [1.54, 1.807) is 14.0 Å². The summed E-state index contributed by atoms with van der Waals surface area (Å²) in [6, 6.07) is 5.20. The molecule has 0 aliphatic carbocycles. The Hall–Kier alpha value is -1.62. The molecule has 0 amide bonds. The van der Waals surface area contributed by atoms with Gasteiger partial charge in [0.2, 0.25) is 0 Å². The van der Waals surface area contributed by atoms with E-state index in [0.29, 0.717) is 12.1 Å². The molecule has 0 spiro atoms. The van der Waals surface area contributed by atoms with Gasteiger partial charge in [0.15, 0.2) is 5.96 Å². The van der Waals surface area contributed by atoms with Gasteiger partial charge >= 0.3 is 0 Å². The number of hydrogen-bond donors (Lipinski definition) is 2. The van der Waals surface area contributed by atoms with Crippen LogP contribution in [-0.4, -0.2) is 44.1 Å². The van der Waals surface area contributed by atoms with Crippen molar-refractivity contribution in [1.29, 1.82) is 0 Å². The van der Waals surface area contributed by atoms with Crippen LogP contribution in [-0.2, 0) is 6.54 Å². The number of rotatable bonds is 8. The predicted octanol–water partition coefficient (Wildman–Crippen LogP) is 3.46. The Morgan fingerprint density at radius 2 is 1.92 bits per heavy atom. The van der Waals surface area contributed by atoms with E-state index >= 15 is 0 Å². The molecule has 5 heteroatoms.